The quantitative estimate of drug-likeness (QED) is 0.662. The molecule has 1 aliphatic heterocycles. The highest BCUT2D eigenvalue weighted by molar-refractivity contribution is 4.78. The van der Waals surface area contributed by atoms with Gasteiger partial charge in [-0.25, -0.2) is 0 Å². The molecule has 14 heavy (non-hydrogen) atoms. The van der Waals surface area contributed by atoms with Crippen LogP contribution in [0.2, 0.25) is 0 Å². The fourth-order valence-electron chi connectivity index (χ4n) is 2.06. The molecule has 1 fully saturated rings. The van der Waals surface area contributed by atoms with Crippen molar-refractivity contribution >= 4 is 0 Å². The van der Waals surface area contributed by atoms with E-state index in [2.05, 4.69) is 24.1 Å². The summed E-state index contributed by atoms with van der Waals surface area (Å²) in [6.45, 7) is 9.02. The van der Waals surface area contributed by atoms with Gasteiger partial charge in [-0.15, -0.1) is 0 Å². The van der Waals surface area contributed by atoms with Crippen LogP contribution in [0.25, 0.3) is 0 Å². The summed E-state index contributed by atoms with van der Waals surface area (Å²) in [6.07, 6.45) is 2.63. The van der Waals surface area contributed by atoms with Crippen LogP contribution in [0.3, 0.4) is 0 Å². The second-order valence-electron chi connectivity index (χ2n) is 4.43. The van der Waals surface area contributed by atoms with Gasteiger partial charge in [0.15, 0.2) is 0 Å². The zero-order valence-electron chi connectivity index (χ0n) is 9.50. The molecule has 0 spiro atoms. The largest absolute Gasteiger partial charge is 0.396 e. The summed E-state index contributed by atoms with van der Waals surface area (Å²) in [5.74, 6) is 0.399. The van der Waals surface area contributed by atoms with Crippen LogP contribution in [0.15, 0.2) is 0 Å². The zero-order chi connectivity index (χ0) is 10.4. The standard InChI is InChI=1S/C11H24N2O/c1-3-13(7-10(2)9-14)8-11-5-4-6-12-11/h10-12,14H,3-9H2,1-2H3. The molecule has 0 aromatic heterocycles. The monoisotopic (exact) mass is 200 g/mol. The molecule has 3 heteroatoms. The van der Waals surface area contributed by atoms with Crippen molar-refractivity contribution < 1.29 is 5.11 Å². The summed E-state index contributed by atoms with van der Waals surface area (Å²) in [5, 5.41) is 12.5. The van der Waals surface area contributed by atoms with Gasteiger partial charge in [0.25, 0.3) is 0 Å². The Morgan fingerprint density at radius 3 is 2.86 bits per heavy atom. The SMILES string of the molecule is CCN(CC(C)CO)CC1CCCN1. The molecule has 1 heterocycles. The lowest BCUT2D eigenvalue weighted by Gasteiger charge is -2.26. The van der Waals surface area contributed by atoms with E-state index in [9.17, 15) is 0 Å². The van der Waals surface area contributed by atoms with E-state index in [1.54, 1.807) is 0 Å². The van der Waals surface area contributed by atoms with Gasteiger partial charge in [0.2, 0.25) is 0 Å². The molecular formula is C11H24N2O. The molecule has 0 radical (unpaired) electrons. The Hall–Kier alpha value is -0.120. The maximum absolute atomic E-state index is 9.00. The minimum atomic E-state index is 0.300. The van der Waals surface area contributed by atoms with Gasteiger partial charge in [0, 0.05) is 25.7 Å². The first-order valence-corrected chi connectivity index (χ1v) is 5.82. The van der Waals surface area contributed by atoms with E-state index in [1.165, 1.54) is 19.4 Å². The van der Waals surface area contributed by atoms with Gasteiger partial charge in [-0.1, -0.05) is 13.8 Å². The normalized spacial score (nSPS) is 24.4. The van der Waals surface area contributed by atoms with Crippen LogP contribution in [-0.4, -0.2) is 48.8 Å². The minimum Gasteiger partial charge on any atom is -0.396 e. The maximum atomic E-state index is 9.00. The third-order valence-electron chi connectivity index (χ3n) is 2.97. The van der Waals surface area contributed by atoms with Crippen molar-refractivity contribution in [2.24, 2.45) is 5.92 Å². The number of likely N-dealkylation sites (N-methyl/N-ethyl adjacent to an activating group) is 1. The third kappa shape index (κ3) is 3.95. The number of aliphatic hydroxyl groups excluding tert-OH is 1. The van der Waals surface area contributed by atoms with Gasteiger partial charge in [-0.2, -0.15) is 0 Å². The second kappa shape index (κ2) is 6.38. The Balaban J connectivity index is 2.22. The van der Waals surface area contributed by atoms with Crippen molar-refractivity contribution in [3.63, 3.8) is 0 Å². The molecule has 2 atom stereocenters. The van der Waals surface area contributed by atoms with E-state index in [-0.39, 0.29) is 0 Å². The summed E-state index contributed by atoms with van der Waals surface area (Å²) in [5.41, 5.74) is 0. The molecule has 2 N–H and O–H groups in total. The smallest absolute Gasteiger partial charge is 0.0468 e. The first-order valence-electron chi connectivity index (χ1n) is 5.82. The van der Waals surface area contributed by atoms with E-state index in [1.807, 2.05) is 0 Å². The number of rotatable bonds is 6. The number of hydrogen-bond acceptors (Lipinski definition) is 3. The van der Waals surface area contributed by atoms with Crippen molar-refractivity contribution in [3.05, 3.63) is 0 Å². The molecular weight excluding hydrogens is 176 g/mol. The summed E-state index contributed by atoms with van der Waals surface area (Å²) in [6, 6.07) is 0.681. The Labute approximate surface area is 87.5 Å². The van der Waals surface area contributed by atoms with Crippen LogP contribution in [0, 0.1) is 5.92 Å². The van der Waals surface area contributed by atoms with Crippen LogP contribution in [-0.2, 0) is 0 Å². The molecule has 2 unspecified atom stereocenters. The number of nitrogens with zero attached hydrogens (tertiary/aromatic N) is 1. The molecule has 0 bridgehead atoms. The maximum Gasteiger partial charge on any atom is 0.0468 e. The van der Waals surface area contributed by atoms with Crippen LogP contribution in [0.5, 0.6) is 0 Å². The van der Waals surface area contributed by atoms with Gasteiger partial charge in [0.05, 0.1) is 0 Å². The van der Waals surface area contributed by atoms with Crippen molar-refractivity contribution in [3.8, 4) is 0 Å². The van der Waals surface area contributed by atoms with Gasteiger partial charge < -0.3 is 15.3 Å². The lowest BCUT2D eigenvalue weighted by atomic mass is 10.1. The highest BCUT2D eigenvalue weighted by Crippen LogP contribution is 2.08. The molecule has 0 saturated carbocycles. The molecule has 0 aromatic rings. The van der Waals surface area contributed by atoms with Crippen molar-refractivity contribution in [2.75, 3.05) is 32.8 Å². The minimum absolute atomic E-state index is 0.300. The molecule has 1 saturated heterocycles. The Morgan fingerprint density at radius 1 is 1.57 bits per heavy atom. The first kappa shape index (κ1) is 12.0. The number of nitrogens with one attached hydrogen (secondary N) is 1. The number of hydrogen-bond donors (Lipinski definition) is 2. The van der Waals surface area contributed by atoms with Gasteiger partial charge >= 0.3 is 0 Å². The average Bonchev–Trinajstić information content (AvgIpc) is 2.69. The highest BCUT2D eigenvalue weighted by Gasteiger charge is 2.17. The van der Waals surface area contributed by atoms with E-state index in [0.29, 0.717) is 18.6 Å². The lowest BCUT2D eigenvalue weighted by molar-refractivity contribution is 0.169. The van der Waals surface area contributed by atoms with Crippen LogP contribution in [0.4, 0.5) is 0 Å². The summed E-state index contributed by atoms with van der Waals surface area (Å²) < 4.78 is 0. The highest BCUT2D eigenvalue weighted by atomic mass is 16.3. The lowest BCUT2D eigenvalue weighted by Crippen LogP contribution is -2.39. The third-order valence-corrected chi connectivity index (χ3v) is 2.97. The molecule has 1 rings (SSSR count). The van der Waals surface area contributed by atoms with Crippen molar-refractivity contribution in [2.45, 2.75) is 32.7 Å². The van der Waals surface area contributed by atoms with Crippen LogP contribution >= 0.6 is 0 Å². The molecule has 0 amide bonds. The average molecular weight is 200 g/mol. The summed E-state index contributed by atoms with van der Waals surface area (Å²) in [7, 11) is 0. The van der Waals surface area contributed by atoms with Crippen molar-refractivity contribution in [1.29, 1.82) is 0 Å². The summed E-state index contributed by atoms with van der Waals surface area (Å²) in [4.78, 5) is 2.43. The zero-order valence-corrected chi connectivity index (χ0v) is 9.50. The Bertz CT molecular complexity index is 146. The van der Waals surface area contributed by atoms with Crippen LogP contribution in [0.1, 0.15) is 26.7 Å². The molecule has 84 valence electrons. The van der Waals surface area contributed by atoms with Gasteiger partial charge in [-0.05, 0) is 31.8 Å². The van der Waals surface area contributed by atoms with E-state index in [4.69, 9.17) is 5.11 Å². The molecule has 3 nitrogen and oxygen atoms in total. The summed E-state index contributed by atoms with van der Waals surface area (Å²) >= 11 is 0. The first-order chi connectivity index (χ1) is 6.76. The van der Waals surface area contributed by atoms with E-state index in [0.717, 1.165) is 19.6 Å². The second-order valence-corrected chi connectivity index (χ2v) is 4.43. The molecule has 1 aliphatic rings. The fraction of sp³-hybridized carbons (Fsp3) is 1.00. The van der Waals surface area contributed by atoms with Gasteiger partial charge in [0.1, 0.15) is 0 Å². The molecule has 0 aromatic carbocycles. The van der Waals surface area contributed by atoms with E-state index >= 15 is 0 Å². The van der Waals surface area contributed by atoms with E-state index < -0.39 is 0 Å². The Kier molecular flexibility index (Phi) is 5.45. The van der Waals surface area contributed by atoms with Crippen molar-refractivity contribution in [1.82, 2.24) is 10.2 Å². The Morgan fingerprint density at radius 2 is 2.36 bits per heavy atom. The van der Waals surface area contributed by atoms with Gasteiger partial charge in [-0.3, -0.25) is 0 Å². The fourth-order valence-corrected chi connectivity index (χ4v) is 2.06. The molecule has 0 aliphatic carbocycles. The number of aliphatic hydroxyl groups is 1. The topological polar surface area (TPSA) is 35.5 Å². The van der Waals surface area contributed by atoms with Crippen LogP contribution < -0.4 is 5.32 Å². The predicted octanol–water partition coefficient (Wildman–Crippen LogP) is 0.689. The predicted molar refractivity (Wildman–Crippen MR) is 59.4 cm³/mol.